The molecule has 1 heterocycles. The van der Waals surface area contributed by atoms with Gasteiger partial charge in [0.05, 0.1) is 28.8 Å². The Hall–Kier alpha value is -2.70. The van der Waals surface area contributed by atoms with E-state index in [1.54, 1.807) is 12.1 Å². The summed E-state index contributed by atoms with van der Waals surface area (Å²) in [6.07, 6.45) is 1.50. The summed E-state index contributed by atoms with van der Waals surface area (Å²) >= 11 is 12.1. The summed E-state index contributed by atoms with van der Waals surface area (Å²) < 4.78 is 5.19. The van der Waals surface area contributed by atoms with Crippen LogP contribution in [-0.2, 0) is 9.59 Å². The normalized spacial score (nSPS) is 18.1. The number of carbonyl (C=O) groups excluding carboxylic acids is 2. The van der Waals surface area contributed by atoms with E-state index >= 15 is 0 Å². The molecule has 0 aromatic heterocycles. The number of aromatic hydroxyl groups is 1. The van der Waals surface area contributed by atoms with Crippen LogP contribution < -0.4 is 4.74 Å². The number of rotatable bonds is 6. The quantitative estimate of drug-likeness (QED) is 0.370. The fourth-order valence-electron chi connectivity index (χ4n) is 3.44. The van der Waals surface area contributed by atoms with Gasteiger partial charge in [-0.3, -0.25) is 9.59 Å². The molecule has 1 atom stereocenters. The number of aliphatic hydroxyl groups excluding tert-OH is 1. The van der Waals surface area contributed by atoms with Crippen LogP contribution >= 0.6 is 23.2 Å². The van der Waals surface area contributed by atoms with Gasteiger partial charge in [0.2, 0.25) is 0 Å². The molecule has 1 unspecified atom stereocenters. The van der Waals surface area contributed by atoms with E-state index in [0.29, 0.717) is 34.9 Å². The number of phenolic OH excluding ortho intramolecular Hbond substituents is 1. The minimum absolute atomic E-state index is 0.0535. The highest BCUT2D eigenvalue weighted by Crippen LogP contribution is 2.42. The Labute approximate surface area is 184 Å². The van der Waals surface area contributed by atoms with E-state index in [-0.39, 0.29) is 22.1 Å². The molecule has 0 aliphatic carbocycles. The lowest BCUT2D eigenvalue weighted by atomic mass is 9.95. The average molecular weight is 450 g/mol. The summed E-state index contributed by atoms with van der Waals surface area (Å²) in [5.41, 5.74) is 0.748. The summed E-state index contributed by atoms with van der Waals surface area (Å²) in [5.74, 6) is -1.61. The topological polar surface area (TPSA) is 87.1 Å². The lowest BCUT2D eigenvalue weighted by molar-refractivity contribution is -0.139. The van der Waals surface area contributed by atoms with Crippen LogP contribution in [0, 0.1) is 0 Å². The maximum atomic E-state index is 12.9. The molecule has 1 saturated heterocycles. The highest BCUT2D eigenvalue weighted by atomic mass is 35.5. The number of ether oxygens (including phenoxy) is 1. The SMILES string of the molecule is CCCCN1C(=O)C(=O)/C(=C(\O)c2ccc(Cl)c(OC)c2)C1c1ccc(O)c(Cl)c1. The summed E-state index contributed by atoms with van der Waals surface area (Å²) in [5, 5.41) is 21.2. The molecule has 0 saturated carbocycles. The standard InChI is InChI=1S/C22H21Cl2NO5/c1-3-4-9-25-19(12-6-8-16(26)15(24)10-12)18(21(28)22(25)29)20(27)13-5-7-14(23)17(11-13)30-2/h5-8,10-11,19,26-27H,3-4,9H2,1-2H3/b20-18-. The number of nitrogens with zero attached hydrogens (tertiary/aromatic N) is 1. The third kappa shape index (κ3) is 3.98. The molecule has 2 aromatic carbocycles. The van der Waals surface area contributed by atoms with Crippen molar-refractivity contribution in [2.45, 2.75) is 25.8 Å². The molecule has 1 fully saturated rings. The maximum absolute atomic E-state index is 12.9. The van der Waals surface area contributed by atoms with Crippen molar-refractivity contribution in [3.8, 4) is 11.5 Å². The summed E-state index contributed by atoms with van der Waals surface area (Å²) in [6, 6.07) is 8.20. The minimum atomic E-state index is -0.837. The van der Waals surface area contributed by atoms with Crippen LogP contribution in [0.25, 0.3) is 5.76 Å². The molecule has 8 heteroatoms. The predicted octanol–water partition coefficient (Wildman–Crippen LogP) is 4.93. The smallest absolute Gasteiger partial charge is 0.295 e. The number of benzene rings is 2. The fraction of sp³-hybridized carbons (Fsp3) is 0.273. The number of phenols is 1. The molecule has 2 N–H and O–H groups in total. The van der Waals surface area contributed by atoms with Crippen molar-refractivity contribution in [1.82, 2.24) is 4.90 Å². The average Bonchev–Trinajstić information content (AvgIpc) is 2.98. The lowest BCUT2D eigenvalue weighted by Crippen LogP contribution is -2.30. The fourth-order valence-corrected chi connectivity index (χ4v) is 3.83. The maximum Gasteiger partial charge on any atom is 0.295 e. The molecule has 1 aliphatic heterocycles. The predicted molar refractivity (Wildman–Crippen MR) is 115 cm³/mol. The van der Waals surface area contributed by atoms with E-state index < -0.39 is 17.7 Å². The number of amides is 1. The first-order valence-electron chi connectivity index (χ1n) is 9.40. The van der Waals surface area contributed by atoms with Crippen molar-refractivity contribution in [2.24, 2.45) is 0 Å². The van der Waals surface area contributed by atoms with Crippen LogP contribution in [0.1, 0.15) is 36.9 Å². The minimum Gasteiger partial charge on any atom is -0.507 e. The van der Waals surface area contributed by atoms with Crippen molar-refractivity contribution in [2.75, 3.05) is 13.7 Å². The van der Waals surface area contributed by atoms with Crippen LogP contribution in [0.15, 0.2) is 42.0 Å². The van der Waals surface area contributed by atoms with E-state index in [1.165, 1.54) is 36.3 Å². The number of unbranched alkanes of at least 4 members (excludes halogenated alkanes) is 1. The molecular weight excluding hydrogens is 429 g/mol. The number of aliphatic hydroxyl groups is 1. The Balaban J connectivity index is 2.20. The van der Waals surface area contributed by atoms with E-state index in [0.717, 1.165) is 6.42 Å². The zero-order chi connectivity index (χ0) is 22.0. The molecule has 6 nitrogen and oxygen atoms in total. The van der Waals surface area contributed by atoms with Crippen LogP contribution in [0.2, 0.25) is 10.0 Å². The second-order valence-corrected chi connectivity index (χ2v) is 7.72. The third-order valence-electron chi connectivity index (χ3n) is 5.00. The van der Waals surface area contributed by atoms with Crippen LogP contribution in [-0.4, -0.2) is 40.5 Å². The van der Waals surface area contributed by atoms with Crippen LogP contribution in [0.5, 0.6) is 11.5 Å². The first-order chi connectivity index (χ1) is 14.3. The van der Waals surface area contributed by atoms with E-state index in [2.05, 4.69) is 0 Å². The monoisotopic (exact) mass is 449 g/mol. The van der Waals surface area contributed by atoms with Gasteiger partial charge in [0.15, 0.2) is 0 Å². The van der Waals surface area contributed by atoms with Gasteiger partial charge in [-0.1, -0.05) is 42.6 Å². The second kappa shape index (κ2) is 8.98. The number of likely N-dealkylation sites (tertiary alicyclic amines) is 1. The Morgan fingerprint density at radius 2 is 1.87 bits per heavy atom. The third-order valence-corrected chi connectivity index (χ3v) is 5.62. The van der Waals surface area contributed by atoms with Gasteiger partial charge in [-0.15, -0.1) is 0 Å². The summed E-state index contributed by atoms with van der Waals surface area (Å²) in [4.78, 5) is 27.1. The Morgan fingerprint density at radius 1 is 1.13 bits per heavy atom. The number of methoxy groups -OCH3 is 1. The van der Waals surface area contributed by atoms with Gasteiger partial charge in [-0.25, -0.2) is 0 Å². The largest absolute Gasteiger partial charge is 0.507 e. The van der Waals surface area contributed by atoms with Gasteiger partial charge < -0.3 is 19.8 Å². The zero-order valence-corrected chi connectivity index (χ0v) is 18.0. The first-order valence-corrected chi connectivity index (χ1v) is 10.2. The van der Waals surface area contributed by atoms with Gasteiger partial charge in [-0.2, -0.15) is 0 Å². The molecule has 0 radical (unpaired) electrons. The number of halogens is 2. The van der Waals surface area contributed by atoms with Gasteiger partial charge in [-0.05, 0) is 42.3 Å². The molecule has 1 aliphatic rings. The highest BCUT2D eigenvalue weighted by molar-refractivity contribution is 6.46. The molecular formula is C22H21Cl2NO5. The first kappa shape index (κ1) is 22.0. The van der Waals surface area contributed by atoms with Crippen molar-refractivity contribution in [3.05, 3.63) is 63.1 Å². The van der Waals surface area contributed by atoms with E-state index in [1.807, 2.05) is 6.92 Å². The molecule has 158 valence electrons. The Bertz CT molecular complexity index is 1030. The van der Waals surface area contributed by atoms with Crippen LogP contribution in [0.4, 0.5) is 0 Å². The summed E-state index contributed by atoms with van der Waals surface area (Å²) in [7, 11) is 1.44. The highest BCUT2D eigenvalue weighted by Gasteiger charge is 2.45. The molecule has 30 heavy (non-hydrogen) atoms. The Morgan fingerprint density at radius 3 is 2.50 bits per heavy atom. The second-order valence-electron chi connectivity index (χ2n) is 6.91. The molecule has 2 aromatic rings. The Kier molecular flexibility index (Phi) is 6.58. The number of ketones is 1. The number of Topliss-reactive ketones (excluding diaryl/α,β-unsaturated/α-hetero) is 1. The molecule has 1 amide bonds. The van der Waals surface area contributed by atoms with E-state index in [4.69, 9.17) is 27.9 Å². The lowest BCUT2D eigenvalue weighted by Gasteiger charge is -2.25. The van der Waals surface area contributed by atoms with Gasteiger partial charge in [0, 0.05) is 12.1 Å². The van der Waals surface area contributed by atoms with Crippen molar-refractivity contribution < 1.29 is 24.5 Å². The summed E-state index contributed by atoms with van der Waals surface area (Å²) in [6.45, 7) is 2.31. The number of hydrogen-bond acceptors (Lipinski definition) is 5. The van der Waals surface area contributed by atoms with Crippen LogP contribution in [0.3, 0.4) is 0 Å². The van der Waals surface area contributed by atoms with Gasteiger partial charge in [0.25, 0.3) is 11.7 Å². The number of carbonyl (C=O) groups is 2. The molecule has 0 spiro atoms. The molecule has 3 rings (SSSR count). The zero-order valence-electron chi connectivity index (χ0n) is 16.5. The van der Waals surface area contributed by atoms with Gasteiger partial charge in [0.1, 0.15) is 17.3 Å². The van der Waals surface area contributed by atoms with Gasteiger partial charge >= 0.3 is 0 Å². The van der Waals surface area contributed by atoms with E-state index in [9.17, 15) is 19.8 Å². The number of hydrogen-bond donors (Lipinski definition) is 2. The van der Waals surface area contributed by atoms with Crippen molar-refractivity contribution in [3.63, 3.8) is 0 Å². The van der Waals surface area contributed by atoms with Crippen molar-refractivity contribution >= 4 is 40.7 Å². The molecule has 0 bridgehead atoms. The van der Waals surface area contributed by atoms with Crippen molar-refractivity contribution in [1.29, 1.82) is 0 Å².